The third-order valence-electron chi connectivity index (χ3n) is 2.20. The van der Waals surface area contributed by atoms with Gasteiger partial charge in [-0.2, -0.15) is 0 Å². The van der Waals surface area contributed by atoms with Gasteiger partial charge in [0.25, 0.3) is 0 Å². The van der Waals surface area contributed by atoms with Crippen molar-refractivity contribution in [2.75, 3.05) is 25.1 Å². The molecule has 0 aliphatic rings. The van der Waals surface area contributed by atoms with Crippen molar-refractivity contribution in [2.45, 2.75) is 19.8 Å². The van der Waals surface area contributed by atoms with Gasteiger partial charge in [-0.1, -0.05) is 13.3 Å². The highest BCUT2D eigenvalue weighted by Gasteiger charge is 2.10. The van der Waals surface area contributed by atoms with Crippen LogP contribution in [0.4, 0.5) is 18.9 Å². The number of anilines is 1. The van der Waals surface area contributed by atoms with E-state index < -0.39 is 17.5 Å². The largest absolute Gasteiger partial charge is 0.380 e. The topological polar surface area (TPSA) is 21.3 Å². The van der Waals surface area contributed by atoms with Crippen LogP contribution < -0.4 is 5.32 Å². The standard InChI is InChI=1S/C12H16F3NO/c1-2-3-5-17-6-4-16-11-8-9(13)7-10(14)12(11)15/h7-8,16H,2-6H2,1H3. The van der Waals surface area contributed by atoms with Crippen LogP contribution in [0.25, 0.3) is 0 Å². The summed E-state index contributed by atoms with van der Waals surface area (Å²) in [5.74, 6) is -3.07. The monoisotopic (exact) mass is 247 g/mol. The molecule has 0 fully saturated rings. The molecule has 0 radical (unpaired) electrons. The number of halogens is 3. The number of ether oxygens (including phenoxy) is 1. The maximum Gasteiger partial charge on any atom is 0.182 e. The minimum absolute atomic E-state index is 0.179. The van der Waals surface area contributed by atoms with E-state index in [1.165, 1.54) is 0 Å². The molecule has 1 rings (SSSR count). The molecule has 0 unspecified atom stereocenters. The molecule has 0 atom stereocenters. The minimum atomic E-state index is -1.19. The Morgan fingerprint density at radius 2 is 1.94 bits per heavy atom. The van der Waals surface area contributed by atoms with Crippen LogP contribution in [0.5, 0.6) is 0 Å². The Hall–Kier alpha value is -1.23. The van der Waals surface area contributed by atoms with Crippen molar-refractivity contribution in [1.82, 2.24) is 0 Å². The van der Waals surface area contributed by atoms with Gasteiger partial charge < -0.3 is 10.1 Å². The Kier molecular flexibility index (Phi) is 5.83. The van der Waals surface area contributed by atoms with Gasteiger partial charge in [0.05, 0.1) is 12.3 Å². The summed E-state index contributed by atoms with van der Waals surface area (Å²) in [6.45, 7) is 3.37. The lowest BCUT2D eigenvalue weighted by molar-refractivity contribution is 0.141. The zero-order chi connectivity index (χ0) is 12.7. The van der Waals surface area contributed by atoms with Crippen LogP contribution in [-0.4, -0.2) is 19.8 Å². The zero-order valence-electron chi connectivity index (χ0n) is 9.73. The maximum absolute atomic E-state index is 13.2. The van der Waals surface area contributed by atoms with Gasteiger partial charge in [-0.3, -0.25) is 0 Å². The molecule has 1 aromatic rings. The third-order valence-corrected chi connectivity index (χ3v) is 2.20. The summed E-state index contributed by atoms with van der Waals surface area (Å²) in [4.78, 5) is 0. The van der Waals surface area contributed by atoms with E-state index in [1.807, 2.05) is 6.92 Å². The van der Waals surface area contributed by atoms with Crippen LogP contribution in [-0.2, 0) is 4.74 Å². The molecular formula is C12H16F3NO. The number of nitrogens with one attached hydrogen (secondary N) is 1. The highest BCUT2D eigenvalue weighted by molar-refractivity contribution is 5.45. The van der Waals surface area contributed by atoms with Crippen LogP contribution in [0.2, 0.25) is 0 Å². The molecule has 0 aliphatic carbocycles. The van der Waals surface area contributed by atoms with E-state index in [0.29, 0.717) is 25.8 Å². The van der Waals surface area contributed by atoms with Crippen molar-refractivity contribution < 1.29 is 17.9 Å². The van der Waals surface area contributed by atoms with Gasteiger partial charge in [0.15, 0.2) is 11.6 Å². The molecule has 0 heterocycles. The molecule has 1 aromatic carbocycles. The molecule has 0 saturated carbocycles. The fourth-order valence-electron chi connectivity index (χ4n) is 1.29. The molecule has 0 spiro atoms. The Morgan fingerprint density at radius 1 is 1.18 bits per heavy atom. The lowest BCUT2D eigenvalue weighted by Crippen LogP contribution is -2.11. The normalized spacial score (nSPS) is 10.6. The molecule has 17 heavy (non-hydrogen) atoms. The number of rotatable bonds is 7. The van der Waals surface area contributed by atoms with E-state index in [4.69, 9.17) is 4.74 Å². The van der Waals surface area contributed by atoms with Gasteiger partial charge in [0.1, 0.15) is 5.82 Å². The van der Waals surface area contributed by atoms with Gasteiger partial charge in [-0.05, 0) is 6.42 Å². The maximum atomic E-state index is 13.2. The van der Waals surface area contributed by atoms with E-state index in [2.05, 4.69) is 5.32 Å². The second kappa shape index (κ2) is 7.17. The summed E-state index contributed by atoms with van der Waals surface area (Å²) in [6, 6.07) is 1.43. The lowest BCUT2D eigenvalue weighted by atomic mass is 10.3. The summed E-state index contributed by atoms with van der Waals surface area (Å²) in [5, 5.41) is 2.59. The fourth-order valence-corrected chi connectivity index (χ4v) is 1.29. The average Bonchev–Trinajstić information content (AvgIpc) is 2.29. The lowest BCUT2D eigenvalue weighted by Gasteiger charge is -2.08. The molecular weight excluding hydrogens is 231 g/mol. The Morgan fingerprint density at radius 3 is 2.65 bits per heavy atom. The fraction of sp³-hybridized carbons (Fsp3) is 0.500. The van der Waals surface area contributed by atoms with Crippen molar-refractivity contribution in [3.8, 4) is 0 Å². The summed E-state index contributed by atoms with van der Waals surface area (Å²) < 4.78 is 44.0. The Balaban J connectivity index is 2.36. The second-order valence-electron chi connectivity index (χ2n) is 3.64. The quantitative estimate of drug-likeness (QED) is 0.589. The van der Waals surface area contributed by atoms with E-state index in [0.717, 1.165) is 18.9 Å². The summed E-state index contributed by atoms with van der Waals surface area (Å²) >= 11 is 0. The number of unbranched alkanes of at least 4 members (excludes halogenated alkanes) is 1. The van der Waals surface area contributed by atoms with Crippen LogP contribution >= 0.6 is 0 Å². The van der Waals surface area contributed by atoms with Gasteiger partial charge in [-0.15, -0.1) is 0 Å². The van der Waals surface area contributed by atoms with Crippen LogP contribution in [0.1, 0.15) is 19.8 Å². The van der Waals surface area contributed by atoms with Crippen molar-refractivity contribution in [2.24, 2.45) is 0 Å². The first-order chi connectivity index (χ1) is 8.15. The molecule has 5 heteroatoms. The van der Waals surface area contributed by atoms with E-state index >= 15 is 0 Å². The van der Waals surface area contributed by atoms with E-state index in [1.54, 1.807) is 0 Å². The van der Waals surface area contributed by atoms with Gasteiger partial charge in [0, 0.05) is 25.3 Å². The molecule has 0 aliphatic heterocycles. The van der Waals surface area contributed by atoms with Crippen molar-refractivity contribution in [1.29, 1.82) is 0 Å². The number of hydrogen-bond acceptors (Lipinski definition) is 2. The summed E-state index contributed by atoms with van der Waals surface area (Å²) in [5.41, 5.74) is -0.179. The Bertz CT molecular complexity index is 358. The predicted octanol–water partition coefficient (Wildman–Crippen LogP) is 3.33. The van der Waals surface area contributed by atoms with Crippen LogP contribution in [0.15, 0.2) is 12.1 Å². The van der Waals surface area contributed by atoms with Crippen LogP contribution in [0.3, 0.4) is 0 Å². The third kappa shape index (κ3) is 4.65. The van der Waals surface area contributed by atoms with Crippen molar-refractivity contribution in [3.63, 3.8) is 0 Å². The zero-order valence-corrected chi connectivity index (χ0v) is 9.73. The van der Waals surface area contributed by atoms with Crippen molar-refractivity contribution in [3.05, 3.63) is 29.6 Å². The second-order valence-corrected chi connectivity index (χ2v) is 3.64. The van der Waals surface area contributed by atoms with Gasteiger partial charge >= 0.3 is 0 Å². The number of hydrogen-bond donors (Lipinski definition) is 1. The highest BCUT2D eigenvalue weighted by Crippen LogP contribution is 2.18. The van der Waals surface area contributed by atoms with E-state index in [-0.39, 0.29) is 5.69 Å². The van der Waals surface area contributed by atoms with Crippen molar-refractivity contribution >= 4 is 5.69 Å². The van der Waals surface area contributed by atoms with Gasteiger partial charge in [0.2, 0.25) is 0 Å². The van der Waals surface area contributed by atoms with Crippen LogP contribution in [0, 0.1) is 17.5 Å². The highest BCUT2D eigenvalue weighted by atomic mass is 19.2. The molecule has 1 N–H and O–H groups in total. The molecule has 2 nitrogen and oxygen atoms in total. The summed E-state index contributed by atoms with van der Waals surface area (Å²) in [7, 11) is 0. The molecule has 0 bridgehead atoms. The molecule has 0 amide bonds. The summed E-state index contributed by atoms with van der Waals surface area (Å²) in [6.07, 6.45) is 2.00. The minimum Gasteiger partial charge on any atom is -0.380 e. The SMILES string of the molecule is CCCCOCCNc1cc(F)cc(F)c1F. The first-order valence-corrected chi connectivity index (χ1v) is 5.61. The molecule has 96 valence electrons. The first-order valence-electron chi connectivity index (χ1n) is 5.61. The molecule has 0 aromatic heterocycles. The van der Waals surface area contributed by atoms with E-state index in [9.17, 15) is 13.2 Å². The Labute approximate surface area is 98.8 Å². The first kappa shape index (κ1) is 13.8. The predicted molar refractivity (Wildman–Crippen MR) is 60.5 cm³/mol. The number of benzene rings is 1. The smallest absolute Gasteiger partial charge is 0.182 e. The molecule has 0 saturated heterocycles. The van der Waals surface area contributed by atoms with Gasteiger partial charge in [-0.25, -0.2) is 13.2 Å². The average molecular weight is 247 g/mol.